The standard InChI is InChI=1S/C19H15FN6O2S/c1-12-2-6-14(7-3-12)17-24-25(11-16-22-23-18(29)28-16)19(27)26(17)21-10-13-4-8-15(20)9-5-13/h2-10H,11H2,1H3,(H,23,29). The van der Waals surface area contributed by atoms with Gasteiger partial charge in [0.25, 0.3) is 4.84 Å². The largest absolute Gasteiger partial charge is 0.412 e. The molecule has 0 spiro atoms. The van der Waals surface area contributed by atoms with Crippen molar-refractivity contribution in [2.24, 2.45) is 5.10 Å². The van der Waals surface area contributed by atoms with Gasteiger partial charge in [-0.15, -0.1) is 10.2 Å². The molecular formula is C19H15FN6O2S. The molecule has 0 bridgehead atoms. The molecule has 10 heteroatoms. The monoisotopic (exact) mass is 410 g/mol. The lowest BCUT2D eigenvalue weighted by Crippen LogP contribution is -2.23. The number of nitrogens with one attached hydrogen (secondary N) is 1. The summed E-state index contributed by atoms with van der Waals surface area (Å²) in [6.07, 6.45) is 1.46. The minimum atomic E-state index is -0.483. The molecule has 2 aromatic carbocycles. The molecule has 29 heavy (non-hydrogen) atoms. The summed E-state index contributed by atoms with van der Waals surface area (Å²) in [5.41, 5.74) is 1.94. The van der Waals surface area contributed by atoms with Crippen molar-refractivity contribution in [2.75, 3.05) is 0 Å². The molecule has 1 N–H and O–H groups in total. The number of aromatic amines is 1. The number of H-pyrrole nitrogens is 1. The van der Waals surface area contributed by atoms with E-state index in [0.29, 0.717) is 17.0 Å². The summed E-state index contributed by atoms with van der Waals surface area (Å²) in [6.45, 7) is 1.96. The molecule has 0 unspecified atom stereocenters. The Morgan fingerprint density at radius 3 is 2.59 bits per heavy atom. The Kier molecular flexibility index (Phi) is 5.00. The van der Waals surface area contributed by atoms with Gasteiger partial charge >= 0.3 is 5.69 Å². The van der Waals surface area contributed by atoms with Crippen molar-refractivity contribution >= 4 is 18.4 Å². The maximum atomic E-state index is 13.1. The molecule has 0 radical (unpaired) electrons. The third-order valence-electron chi connectivity index (χ3n) is 4.09. The Hall–Kier alpha value is -3.66. The number of nitrogens with zero attached hydrogens (tertiary/aromatic N) is 5. The van der Waals surface area contributed by atoms with Gasteiger partial charge in [-0.25, -0.2) is 19.0 Å². The average Bonchev–Trinajstić information content (AvgIpc) is 3.26. The minimum Gasteiger partial charge on any atom is -0.412 e. The van der Waals surface area contributed by atoms with Crippen LogP contribution in [0.4, 0.5) is 4.39 Å². The van der Waals surface area contributed by atoms with Crippen molar-refractivity contribution in [3.63, 3.8) is 0 Å². The summed E-state index contributed by atoms with van der Waals surface area (Å²) in [6, 6.07) is 13.3. The number of hydrogen-bond donors (Lipinski definition) is 1. The molecule has 0 saturated heterocycles. The SMILES string of the molecule is Cc1ccc(-c2nn(Cc3n[nH]c(=S)o3)c(=O)n2N=Cc2ccc(F)cc2)cc1. The van der Waals surface area contributed by atoms with Crippen LogP contribution in [0.1, 0.15) is 17.0 Å². The van der Waals surface area contributed by atoms with Crippen molar-refractivity contribution in [1.29, 1.82) is 0 Å². The van der Waals surface area contributed by atoms with E-state index in [0.717, 1.165) is 5.56 Å². The Labute approximate surface area is 168 Å². The van der Waals surface area contributed by atoms with Crippen molar-refractivity contribution in [3.05, 3.63) is 86.7 Å². The first-order chi connectivity index (χ1) is 14.0. The van der Waals surface area contributed by atoms with E-state index in [1.54, 1.807) is 12.1 Å². The predicted octanol–water partition coefficient (Wildman–Crippen LogP) is 3.14. The van der Waals surface area contributed by atoms with Crippen LogP contribution in [0.5, 0.6) is 0 Å². The highest BCUT2D eigenvalue weighted by Gasteiger charge is 2.16. The number of halogens is 1. The van der Waals surface area contributed by atoms with Gasteiger partial charge < -0.3 is 4.42 Å². The van der Waals surface area contributed by atoms with E-state index in [1.165, 1.54) is 27.7 Å². The van der Waals surface area contributed by atoms with Gasteiger partial charge in [0.1, 0.15) is 12.4 Å². The number of benzene rings is 2. The van der Waals surface area contributed by atoms with Crippen LogP contribution in [0.2, 0.25) is 0 Å². The van der Waals surface area contributed by atoms with Gasteiger partial charge in [-0.3, -0.25) is 0 Å². The molecule has 4 aromatic rings. The molecule has 0 amide bonds. The van der Waals surface area contributed by atoms with Crippen LogP contribution in [0, 0.1) is 17.6 Å². The van der Waals surface area contributed by atoms with Gasteiger partial charge in [-0.05, 0) is 36.8 Å². The molecule has 0 aliphatic carbocycles. The van der Waals surface area contributed by atoms with Gasteiger partial charge in [0.15, 0.2) is 5.82 Å². The first-order valence-electron chi connectivity index (χ1n) is 8.61. The molecular weight excluding hydrogens is 395 g/mol. The predicted molar refractivity (Wildman–Crippen MR) is 107 cm³/mol. The molecule has 0 atom stereocenters. The van der Waals surface area contributed by atoms with Crippen LogP contribution in [0.25, 0.3) is 11.4 Å². The van der Waals surface area contributed by atoms with Crippen molar-refractivity contribution < 1.29 is 8.81 Å². The van der Waals surface area contributed by atoms with Gasteiger partial charge in [-0.1, -0.05) is 42.0 Å². The lowest BCUT2D eigenvalue weighted by Gasteiger charge is -2.00. The second-order valence-electron chi connectivity index (χ2n) is 6.24. The fourth-order valence-electron chi connectivity index (χ4n) is 2.62. The van der Waals surface area contributed by atoms with Gasteiger partial charge in [0.2, 0.25) is 5.89 Å². The van der Waals surface area contributed by atoms with E-state index < -0.39 is 5.69 Å². The number of hydrogen-bond acceptors (Lipinski definition) is 6. The molecule has 0 aliphatic heterocycles. The van der Waals surface area contributed by atoms with Crippen LogP contribution >= 0.6 is 12.2 Å². The summed E-state index contributed by atoms with van der Waals surface area (Å²) in [5, 5.41) is 15.1. The van der Waals surface area contributed by atoms with Gasteiger partial charge in [0, 0.05) is 5.56 Å². The van der Waals surface area contributed by atoms with E-state index in [1.807, 2.05) is 31.2 Å². The lowest BCUT2D eigenvalue weighted by atomic mass is 10.1. The second-order valence-corrected chi connectivity index (χ2v) is 6.62. The normalized spacial score (nSPS) is 11.4. The average molecular weight is 410 g/mol. The van der Waals surface area contributed by atoms with Crippen LogP contribution in [-0.2, 0) is 6.54 Å². The number of rotatable bonds is 5. The Bertz CT molecular complexity index is 1280. The smallest absolute Gasteiger partial charge is 0.367 e. The minimum absolute atomic E-state index is 0.0100. The van der Waals surface area contributed by atoms with Crippen molar-refractivity contribution in [2.45, 2.75) is 13.5 Å². The molecule has 8 nitrogen and oxygen atoms in total. The molecule has 0 saturated carbocycles. The van der Waals surface area contributed by atoms with Crippen LogP contribution < -0.4 is 5.69 Å². The van der Waals surface area contributed by atoms with Gasteiger partial charge in [-0.2, -0.15) is 9.78 Å². The van der Waals surface area contributed by atoms with Gasteiger partial charge in [0.05, 0.1) is 6.21 Å². The van der Waals surface area contributed by atoms with E-state index in [-0.39, 0.29) is 23.1 Å². The molecule has 2 heterocycles. The maximum Gasteiger partial charge on any atom is 0.367 e. The molecule has 2 aromatic heterocycles. The van der Waals surface area contributed by atoms with Crippen molar-refractivity contribution in [1.82, 2.24) is 24.7 Å². The van der Waals surface area contributed by atoms with E-state index in [9.17, 15) is 9.18 Å². The number of aromatic nitrogens is 5. The molecule has 0 fully saturated rings. The Morgan fingerprint density at radius 2 is 1.93 bits per heavy atom. The third kappa shape index (κ3) is 4.11. The summed E-state index contributed by atoms with van der Waals surface area (Å²) >= 11 is 4.86. The fraction of sp³-hybridized carbons (Fsp3) is 0.105. The zero-order valence-corrected chi connectivity index (χ0v) is 16.1. The topological polar surface area (TPSA) is 94.0 Å². The van der Waals surface area contributed by atoms with E-state index in [2.05, 4.69) is 20.4 Å². The summed E-state index contributed by atoms with van der Waals surface area (Å²) < 4.78 is 20.7. The van der Waals surface area contributed by atoms with Crippen LogP contribution in [0.3, 0.4) is 0 Å². The maximum absolute atomic E-state index is 13.1. The Balaban J connectivity index is 1.78. The lowest BCUT2D eigenvalue weighted by molar-refractivity contribution is 0.449. The highest BCUT2D eigenvalue weighted by atomic mass is 32.1. The highest BCUT2D eigenvalue weighted by Crippen LogP contribution is 2.17. The highest BCUT2D eigenvalue weighted by molar-refractivity contribution is 7.71. The van der Waals surface area contributed by atoms with E-state index in [4.69, 9.17) is 16.6 Å². The van der Waals surface area contributed by atoms with Crippen molar-refractivity contribution in [3.8, 4) is 11.4 Å². The quantitative estimate of drug-likeness (QED) is 0.403. The summed E-state index contributed by atoms with van der Waals surface area (Å²) in [4.78, 5) is 13.0. The third-order valence-corrected chi connectivity index (χ3v) is 4.26. The molecule has 146 valence electrons. The first kappa shape index (κ1) is 18.7. The first-order valence-corrected chi connectivity index (χ1v) is 9.01. The Morgan fingerprint density at radius 1 is 1.21 bits per heavy atom. The number of aryl methyl sites for hydroxylation is 1. The summed E-state index contributed by atoms with van der Waals surface area (Å²) in [5.74, 6) is 0.221. The van der Waals surface area contributed by atoms with E-state index >= 15 is 0 Å². The van der Waals surface area contributed by atoms with Crippen LogP contribution in [-0.4, -0.2) is 30.9 Å². The summed E-state index contributed by atoms with van der Waals surface area (Å²) in [7, 11) is 0. The second kappa shape index (κ2) is 7.76. The zero-order valence-electron chi connectivity index (χ0n) is 15.2. The fourth-order valence-corrected chi connectivity index (χ4v) is 2.76. The molecule has 4 rings (SSSR count). The molecule has 0 aliphatic rings. The zero-order chi connectivity index (χ0) is 20.4. The van der Waals surface area contributed by atoms with Crippen LogP contribution in [0.15, 0.2) is 62.8 Å².